The van der Waals surface area contributed by atoms with Crippen LogP contribution in [0.4, 0.5) is 9.52 Å². The van der Waals surface area contributed by atoms with E-state index in [0.29, 0.717) is 16.8 Å². The van der Waals surface area contributed by atoms with Crippen molar-refractivity contribution in [3.05, 3.63) is 101 Å². The Morgan fingerprint density at radius 1 is 0.943 bits per heavy atom. The third-order valence-corrected chi connectivity index (χ3v) is 7.99. The molecule has 0 radical (unpaired) electrons. The van der Waals surface area contributed by atoms with Gasteiger partial charge in [-0.25, -0.2) is 17.8 Å². The van der Waals surface area contributed by atoms with Gasteiger partial charge >= 0.3 is 0 Å². The third-order valence-electron chi connectivity index (χ3n) is 5.27. The van der Waals surface area contributed by atoms with E-state index >= 15 is 0 Å². The van der Waals surface area contributed by atoms with Gasteiger partial charge in [-0.2, -0.15) is 0 Å². The second-order valence-corrected chi connectivity index (χ2v) is 10.9. The second-order valence-electron chi connectivity index (χ2n) is 7.64. The van der Waals surface area contributed by atoms with Crippen molar-refractivity contribution in [2.24, 2.45) is 0 Å². The smallest absolute Gasteiger partial charge is 0.230 e. The van der Waals surface area contributed by atoms with Crippen LogP contribution in [0.1, 0.15) is 27.7 Å². The number of sulfone groups is 1. The molecule has 0 aliphatic heterocycles. The summed E-state index contributed by atoms with van der Waals surface area (Å²) in [6, 6.07) is 20.8. The molecule has 0 atom stereocenters. The highest BCUT2D eigenvalue weighted by Crippen LogP contribution is 2.33. The Hall–Kier alpha value is -3.69. The molecule has 6 nitrogen and oxygen atoms in total. The van der Waals surface area contributed by atoms with E-state index in [9.17, 15) is 22.4 Å². The second kappa shape index (κ2) is 10.3. The predicted molar refractivity (Wildman–Crippen MR) is 134 cm³/mol. The summed E-state index contributed by atoms with van der Waals surface area (Å²) in [5, 5.41) is 2.91. The largest absolute Gasteiger partial charge is 0.302 e. The van der Waals surface area contributed by atoms with E-state index in [1.165, 1.54) is 30.3 Å². The SMILES string of the molecule is CCS(=O)(=O)c1ccc(CC(=O)Nc2nc(-c3ccccc3)c(C(=O)c3ccccc3F)s2)cc1. The number of anilines is 1. The molecule has 1 N–H and O–H groups in total. The van der Waals surface area contributed by atoms with E-state index in [-0.39, 0.29) is 38.5 Å². The number of thiazole rings is 1. The van der Waals surface area contributed by atoms with Crippen molar-refractivity contribution in [2.45, 2.75) is 18.2 Å². The number of carbonyl (C=O) groups excluding carboxylic acids is 2. The van der Waals surface area contributed by atoms with Crippen molar-refractivity contribution in [1.82, 2.24) is 4.98 Å². The first kappa shape index (κ1) is 24.4. The van der Waals surface area contributed by atoms with E-state index in [4.69, 9.17) is 0 Å². The zero-order valence-electron chi connectivity index (χ0n) is 18.7. The van der Waals surface area contributed by atoms with Crippen molar-refractivity contribution in [1.29, 1.82) is 0 Å². The summed E-state index contributed by atoms with van der Waals surface area (Å²) in [7, 11) is -3.32. The number of nitrogens with one attached hydrogen (secondary N) is 1. The van der Waals surface area contributed by atoms with Gasteiger partial charge in [-0.15, -0.1) is 0 Å². The molecule has 0 bridgehead atoms. The van der Waals surface area contributed by atoms with Crippen LogP contribution in [-0.2, 0) is 21.1 Å². The lowest BCUT2D eigenvalue weighted by atomic mass is 10.0. The maximum atomic E-state index is 14.3. The molecule has 3 aromatic carbocycles. The molecule has 35 heavy (non-hydrogen) atoms. The minimum absolute atomic E-state index is 0.00539. The van der Waals surface area contributed by atoms with Gasteiger partial charge in [-0.05, 0) is 29.8 Å². The monoisotopic (exact) mass is 508 g/mol. The van der Waals surface area contributed by atoms with Gasteiger partial charge in [0.05, 0.1) is 28.3 Å². The van der Waals surface area contributed by atoms with Gasteiger partial charge in [0.1, 0.15) is 10.7 Å². The molecule has 0 unspecified atom stereocenters. The van der Waals surface area contributed by atoms with Gasteiger partial charge in [0.25, 0.3) is 0 Å². The maximum absolute atomic E-state index is 14.3. The van der Waals surface area contributed by atoms with E-state index in [2.05, 4.69) is 10.3 Å². The summed E-state index contributed by atoms with van der Waals surface area (Å²) < 4.78 is 38.2. The number of aromatic nitrogens is 1. The minimum Gasteiger partial charge on any atom is -0.302 e. The number of rotatable bonds is 8. The maximum Gasteiger partial charge on any atom is 0.230 e. The number of nitrogens with zero attached hydrogens (tertiary/aromatic N) is 1. The molecule has 178 valence electrons. The first-order chi connectivity index (χ1) is 16.8. The Labute approximate surface area is 206 Å². The summed E-state index contributed by atoms with van der Waals surface area (Å²) in [4.78, 5) is 30.7. The fraction of sp³-hybridized carbons (Fsp3) is 0.115. The average molecular weight is 509 g/mol. The molecule has 4 rings (SSSR count). The summed E-state index contributed by atoms with van der Waals surface area (Å²) in [5.41, 5.74) is 1.57. The van der Waals surface area contributed by atoms with E-state index in [0.717, 1.165) is 11.3 Å². The van der Waals surface area contributed by atoms with Crippen LogP contribution < -0.4 is 5.32 Å². The van der Waals surface area contributed by atoms with Gasteiger partial charge in [-0.1, -0.05) is 72.9 Å². The minimum atomic E-state index is -3.32. The van der Waals surface area contributed by atoms with E-state index in [1.54, 1.807) is 49.4 Å². The number of hydrogen-bond acceptors (Lipinski definition) is 6. The lowest BCUT2D eigenvalue weighted by Gasteiger charge is -2.04. The zero-order chi connectivity index (χ0) is 25.0. The van der Waals surface area contributed by atoms with Crippen LogP contribution in [0.25, 0.3) is 11.3 Å². The number of amides is 1. The molecular formula is C26H21FN2O4S2. The van der Waals surface area contributed by atoms with Gasteiger partial charge in [0, 0.05) is 5.56 Å². The average Bonchev–Trinajstić information content (AvgIpc) is 3.28. The molecule has 9 heteroatoms. The Morgan fingerprint density at radius 2 is 1.60 bits per heavy atom. The third kappa shape index (κ3) is 5.52. The number of ketones is 1. The molecule has 0 fully saturated rings. The fourth-order valence-electron chi connectivity index (χ4n) is 3.42. The number of halogens is 1. The van der Waals surface area contributed by atoms with Crippen molar-refractivity contribution in [2.75, 3.05) is 11.1 Å². The Balaban J connectivity index is 1.59. The Kier molecular flexibility index (Phi) is 7.18. The number of carbonyl (C=O) groups is 2. The molecule has 0 aliphatic carbocycles. The van der Waals surface area contributed by atoms with Gasteiger partial charge < -0.3 is 5.32 Å². The summed E-state index contributed by atoms with van der Waals surface area (Å²) >= 11 is 0.975. The molecule has 0 saturated heterocycles. The molecular weight excluding hydrogens is 487 g/mol. The lowest BCUT2D eigenvalue weighted by Crippen LogP contribution is -2.14. The van der Waals surface area contributed by atoms with Crippen LogP contribution in [0.15, 0.2) is 83.8 Å². The Morgan fingerprint density at radius 3 is 2.26 bits per heavy atom. The van der Waals surface area contributed by atoms with Gasteiger partial charge in [0.15, 0.2) is 15.0 Å². The van der Waals surface area contributed by atoms with Crippen molar-refractivity contribution < 1.29 is 22.4 Å². The van der Waals surface area contributed by atoms with Crippen LogP contribution >= 0.6 is 11.3 Å². The van der Waals surface area contributed by atoms with Crippen molar-refractivity contribution in [3.8, 4) is 11.3 Å². The zero-order valence-corrected chi connectivity index (χ0v) is 20.3. The summed E-state index contributed by atoms with van der Waals surface area (Å²) in [6.45, 7) is 1.57. The van der Waals surface area contributed by atoms with E-state index in [1.807, 2.05) is 6.07 Å². The number of benzene rings is 3. The normalized spacial score (nSPS) is 11.3. The standard InChI is InChI=1S/C26H21FN2O4S2/c1-2-35(32,33)19-14-12-17(13-15-19)16-22(30)28-26-29-23(18-8-4-3-5-9-18)25(34-26)24(31)20-10-6-7-11-21(20)27/h3-15H,2,16H2,1H3,(H,28,29,30). The first-order valence-corrected chi connectivity index (χ1v) is 13.2. The van der Waals surface area contributed by atoms with Crippen molar-refractivity contribution in [3.63, 3.8) is 0 Å². The van der Waals surface area contributed by atoms with Crippen LogP contribution in [0.3, 0.4) is 0 Å². The Bertz CT molecular complexity index is 1480. The molecule has 0 spiro atoms. The topological polar surface area (TPSA) is 93.2 Å². The molecule has 1 amide bonds. The fourth-order valence-corrected chi connectivity index (χ4v) is 5.26. The lowest BCUT2D eigenvalue weighted by molar-refractivity contribution is -0.115. The first-order valence-electron chi connectivity index (χ1n) is 10.8. The van der Waals surface area contributed by atoms with Gasteiger partial charge in [-0.3, -0.25) is 9.59 Å². The summed E-state index contributed by atoms with van der Waals surface area (Å²) in [5.74, 6) is -1.54. The van der Waals surface area contributed by atoms with Crippen LogP contribution in [0.5, 0.6) is 0 Å². The molecule has 1 aromatic heterocycles. The number of hydrogen-bond donors (Lipinski definition) is 1. The van der Waals surface area contributed by atoms with E-state index < -0.39 is 21.4 Å². The van der Waals surface area contributed by atoms with Crippen molar-refractivity contribution >= 4 is 38.0 Å². The molecule has 4 aromatic rings. The highest BCUT2D eigenvalue weighted by atomic mass is 32.2. The highest BCUT2D eigenvalue weighted by Gasteiger charge is 2.23. The van der Waals surface area contributed by atoms with Crippen LogP contribution in [0.2, 0.25) is 0 Å². The summed E-state index contributed by atoms with van der Waals surface area (Å²) in [6.07, 6.45) is -0.0106. The van der Waals surface area contributed by atoms with Gasteiger partial charge in [0.2, 0.25) is 11.7 Å². The van der Waals surface area contributed by atoms with Crippen LogP contribution in [-0.4, -0.2) is 30.8 Å². The van der Waals surface area contributed by atoms with Crippen LogP contribution in [0, 0.1) is 5.82 Å². The quantitative estimate of drug-likeness (QED) is 0.332. The molecule has 0 aliphatic rings. The highest BCUT2D eigenvalue weighted by molar-refractivity contribution is 7.91. The molecule has 0 saturated carbocycles. The predicted octanol–water partition coefficient (Wildman–Crippen LogP) is 5.16. The molecule has 1 heterocycles.